The predicted molar refractivity (Wildman–Crippen MR) is 122 cm³/mol. The van der Waals surface area contributed by atoms with Crippen LogP contribution in [0, 0.1) is 0 Å². The van der Waals surface area contributed by atoms with Gasteiger partial charge in [-0.15, -0.1) is 0 Å². The lowest BCUT2D eigenvalue weighted by Crippen LogP contribution is -2.12. The second kappa shape index (κ2) is 9.26. The Morgan fingerprint density at radius 3 is 1.90 bits per heavy atom. The van der Waals surface area contributed by atoms with Gasteiger partial charge in [0.05, 0.1) is 24.3 Å². The zero-order valence-electron chi connectivity index (χ0n) is 17.3. The van der Waals surface area contributed by atoms with Crippen LogP contribution in [0.4, 0.5) is 0 Å². The summed E-state index contributed by atoms with van der Waals surface area (Å²) in [6.07, 6.45) is -0.00554. The number of ether oxygens (including phenoxy) is 1. The average molecular weight is 409 g/mol. The molecule has 0 bridgehead atoms. The van der Waals surface area contributed by atoms with Crippen molar-refractivity contribution in [1.82, 2.24) is 4.98 Å². The Hall–Kier alpha value is -3.92. The van der Waals surface area contributed by atoms with Crippen LogP contribution in [0.15, 0.2) is 91.0 Å². The Balaban J connectivity index is 1.98. The lowest BCUT2D eigenvalue weighted by molar-refractivity contribution is -0.142. The highest BCUT2D eigenvalue weighted by Crippen LogP contribution is 2.38. The molecule has 0 aliphatic rings. The molecule has 1 aromatic heterocycles. The van der Waals surface area contributed by atoms with Gasteiger partial charge in [-0.25, -0.2) is 0 Å². The van der Waals surface area contributed by atoms with Crippen LogP contribution >= 0.6 is 0 Å². The molecule has 0 fully saturated rings. The molecule has 0 spiro atoms. The smallest absolute Gasteiger partial charge is 0.311 e. The maximum Gasteiger partial charge on any atom is 0.311 e. The average Bonchev–Trinajstić information content (AvgIpc) is 3.19. The number of aromatic nitrogens is 1. The fraction of sp³-hybridized carbons (Fsp3) is 0.111. The first-order valence-electron chi connectivity index (χ1n) is 10.3. The van der Waals surface area contributed by atoms with E-state index in [0.29, 0.717) is 23.4 Å². The van der Waals surface area contributed by atoms with Crippen molar-refractivity contribution in [1.29, 1.82) is 0 Å². The summed E-state index contributed by atoms with van der Waals surface area (Å²) in [5.41, 5.74) is 5.09. The van der Waals surface area contributed by atoms with Gasteiger partial charge in [0, 0.05) is 16.8 Å². The third kappa shape index (κ3) is 4.33. The number of hydrogen-bond donors (Lipinski definition) is 1. The Labute approximate surface area is 181 Å². The molecular formula is C27H23NO3. The van der Waals surface area contributed by atoms with E-state index >= 15 is 0 Å². The summed E-state index contributed by atoms with van der Waals surface area (Å²) in [5.74, 6) is -0.498. The van der Waals surface area contributed by atoms with Gasteiger partial charge in [-0.3, -0.25) is 9.59 Å². The topological polar surface area (TPSA) is 59.2 Å². The number of ketones is 1. The zero-order chi connectivity index (χ0) is 21.6. The fourth-order valence-electron chi connectivity index (χ4n) is 3.74. The van der Waals surface area contributed by atoms with Gasteiger partial charge in [-0.2, -0.15) is 0 Å². The third-order valence-corrected chi connectivity index (χ3v) is 5.09. The normalized spacial score (nSPS) is 10.6. The van der Waals surface area contributed by atoms with Gasteiger partial charge >= 0.3 is 5.97 Å². The van der Waals surface area contributed by atoms with Crippen LogP contribution < -0.4 is 0 Å². The van der Waals surface area contributed by atoms with E-state index in [-0.39, 0.29) is 18.2 Å². The number of esters is 1. The van der Waals surface area contributed by atoms with E-state index < -0.39 is 0 Å². The largest absolute Gasteiger partial charge is 0.466 e. The SMILES string of the molecule is CCOC(=O)Cc1[nH]c(-c2ccccc2)c(-c2ccccc2)c1C(=O)c1ccccc1. The molecule has 1 N–H and O–H groups in total. The summed E-state index contributed by atoms with van der Waals surface area (Å²) in [7, 11) is 0. The Morgan fingerprint density at radius 2 is 1.32 bits per heavy atom. The van der Waals surface area contributed by atoms with Crippen LogP contribution in [0.2, 0.25) is 0 Å². The van der Waals surface area contributed by atoms with Crippen molar-refractivity contribution in [3.63, 3.8) is 0 Å². The summed E-state index contributed by atoms with van der Waals surface area (Å²) in [6.45, 7) is 2.06. The van der Waals surface area contributed by atoms with E-state index in [1.807, 2.05) is 78.9 Å². The number of nitrogens with one attached hydrogen (secondary N) is 1. The summed E-state index contributed by atoms with van der Waals surface area (Å²) >= 11 is 0. The van der Waals surface area contributed by atoms with E-state index in [1.165, 1.54) is 0 Å². The van der Waals surface area contributed by atoms with Crippen molar-refractivity contribution in [2.75, 3.05) is 6.61 Å². The van der Waals surface area contributed by atoms with Gasteiger partial charge in [-0.05, 0) is 18.1 Å². The lowest BCUT2D eigenvalue weighted by atomic mass is 9.92. The first-order chi connectivity index (χ1) is 15.2. The van der Waals surface area contributed by atoms with E-state index in [1.54, 1.807) is 19.1 Å². The van der Waals surface area contributed by atoms with Crippen LogP contribution in [-0.4, -0.2) is 23.3 Å². The molecule has 1 heterocycles. The van der Waals surface area contributed by atoms with Crippen LogP contribution in [-0.2, 0) is 16.0 Å². The van der Waals surface area contributed by atoms with Gasteiger partial charge in [-0.1, -0.05) is 91.0 Å². The van der Waals surface area contributed by atoms with E-state index in [4.69, 9.17) is 4.74 Å². The lowest BCUT2D eigenvalue weighted by Gasteiger charge is -2.09. The molecule has 3 aromatic carbocycles. The van der Waals surface area contributed by atoms with Crippen LogP contribution in [0.1, 0.15) is 28.5 Å². The first-order valence-corrected chi connectivity index (χ1v) is 10.3. The maximum absolute atomic E-state index is 13.7. The quantitative estimate of drug-likeness (QED) is 0.315. The minimum atomic E-state index is -0.370. The van der Waals surface area contributed by atoms with Crippen LogP contribution in [0.25, 0.3) is 22.4 Å². The molecule has 0 unspecified atom stereocenters. The number of benzene rings is 3. The molecule has 0 saturated carbocycles. The Morgan fingerprint density at radius 1 is 0.774 bits per heavy atom. The molecule has 4 heteroatoms. The number of aromatic amines is 1. The number of carbonyl (C=O) groups is 2. The summed E-state index contributed by atoms with van der Waals surface area (Å²) in [5, 5.41) is 0. The van der Waals surface area contributed by atoms with Gasteiger partial charge in [0.1, 0.15) is 0 Å². The number of H-pyrrole nitrogens is 1. The predicted octanol–water partition coefficient (Wildman–Crippen LogP) is 5.69. The standard InChI is InChI=1S/C27H23NO3/c1-2-31-23(29)18-22-25(27(30)21-16-10-5-11-17-21)24(19-12-6-3-7-13-19)26(28-22)20-14-8-4-9-15-20/h3-17,28H,2,18H2,1H3. The Kier molecular flexibility index (Phi) is 6.08. The molecule has 0 amide bonds. The molecule has 31 heavy (non-hydrogen) atoms. The molecule has 0 aliphatic heterocycles. The van der Waals surface area contributed by atoms with Crippen LogP contribution in [0.3, 0.4) is 0 Å². The second-order valence-corrected chi connectivity index (χ2v) is 7.14. The molecule has 0 saturated heterocycles. The number of rotatable bonds is 7. The Bertz CT molecular complexity index is 1180. The molecule has 0 radical (unpaired) electrons. The van der Waals surface area contributed by atoms with E-state index in [9.17, 15) is 9.59 Å². The highest BCUT2D eigenvalue weighted by Gasteiger charge is 2.27. The summed E-state index contributed by atoms with van der Waals surface area (Å²) in [4.78, 5) is 29.4. The van der Waals surface area contributed by atoms with E-state index in [2.05, 4.69) is 4.98 Å². The van der Waals surface area contributed by atoms with Gasteiger partial charge in [0.2, 0.25) is 0 Å². The first kappa shape index (κ1) is 20.4. The van der Waals surface area contributed by atoms with Gasteiger partial charge < -0.3 is 9.72 Å². The highest BCUT2D eigenvalue weighted by molar-refractivity contribution is 6.16. The fourth-order valence-corrected chi connectivity index (χ4v) is 3.74. The van der Waals surface area contributed by atoms with Crippen molar-refractivity contribution in [2.24, 2.45) is 0 Å². The van der Waals surface area contributed by atoms with E-state index in [0.717, 1.165) is 22.4 Å². The van der Waals surface area contributed by atoms with Gasteiger partial charge in [0.25, 0.3) is 0 Å². The molecule has 4 rings (SSSR count). The zero-order valence-corrected chi connectivity index (χ0v) is 17.3. The second-order valence-electron chi connectivity index (χ2n) is 7.14. The molecule has 0 aliphatic carbocycles. The molecule has 0 atom stereocenters. The summed E-state index contributed by atoms with van der Waals surface area (Å²) < 4.78 is 5.18. The molecule has 154 valence electrons. The minimum Gasteiger partial charge on any atom is -0.466 e. The third-order valence-electron chi connectivity index (χ3n) is 5.09. The van der Waals surface area contributed by atoms with Crippen molar-refractivity contribution in [3.05, 3.63) is 108 Å². The summed E-state index contributed by atoms with van der Waals surface area (Å²) in [6, 6.07) is 28.8. The van der Waals surface area contributed by atoms with Crippen molar-refractivity contribution >= 4 is 11.8 Å². The number of carbonyl (C=O) groups excluding carboxylic acids is 2. The van der Waals surface area contributed by atoms with Crippen LogP contribution in [0.5, 0.6) is 0 Å². The maximum atomic E-state index is 13.7. The monoisotopic (exact) mass is 409 g/mol. The molecular weight excluding hydrogens is 386 g/mol. The van der Waals surface area contributed by atoms with Crippen molar-refractivity contribution < 1.29 is 14.3 Å². The van der Waals surface area contributed by atoms with Crippen molar-refractivity contribution in [3.8, 4) is 22.4 Å². The van der Waals surface area contributed by atoms with Gasteiger partial charge in [0.15, 0.2) is 5.78 Å². The minimum absolute atomic E-state index is 0.00554. The highest BCUT2D eigenvalue weighted by atomic mass is 16.5. The number of hydrogen-bond acceptors (Lipinski definition) is 3. The molecule has 4 aromatic rings. The van der Waals surface area contributed by atoms with Crippen molar-refractivity contribution in [2.45, 2.75) is 13.3 Å². The molecule has 4 nitrogen and oxygen atoms in total.